The fraction of sp³-hybridized carbons (Fsp3) is 0.409. The Balaban J connectivity index is 1.39. The molecular weight excluding hydrogens is 461 g/mol. The molecule has 2 aromatic carbocycles. The van der Waals surface area contributed by atoms with E-state index < -0.39 is 22.1 Å². The van der Waals surface area contributed by atoms with Crippen molar-refractivity contribution in [3.63, 3.8) is 0 Å². The van der Waals surface area contributed by atoms with E-state index in [4.69, 9.17) is 4.74 Å². The van der Waals surface area contributed by atoms with E-state index in [0.717, 1.165) is 42.9 Å². The SMILES string of the molecule is O=C(CCNS(=O)(=O)c1ccc(OC(F)(F)F)cc1)N1CCC(COc2ccccc2)CC1. The first-order chi connectivity index (χ1) is 15.6. The van der Waals surface area contributed by atoms with Crippen molar-refractivity contribution in [2.24, 2.45) is 5.92 Å². The minimum absolute atomic E-state index is 0.0142. The van der Waals surface area contributed by atoms with Gasteiger partial charge in [0.25, 0.3) is 0 Å². The van der Waals surface area contributed by atoms with Crippen molar-refractivity contribution in [3.05, 3.63) is 54.6 Å². The van der Waals surface area contributed by atoms with Gasteiger partial charge in [-0.05, 0) is 55.2 Å². The van der Waals surface area contributed by atoms with E-state index in [1.54, 1.807) is 4.90 Å². The van der Waals surface area contributed by atoms with Crippen LogP contribution in [0.5, 0.6) is 11.5 Å². The van der Waals surface area contributed by atoms with Crippen LogP contribution in [0.1, 0.15) is 19.3 Å². The fourth-order valence-electron chi connectivity index (χ4n) is 3.43. The van der Waals surface area contributed by atoms with Crippen LogP contribution in [0.15, 0.2) is 59.5 Å². The number of nitrogens with zero attached hydrogens (tertiary/aromatic N) is 1. The van der Waals surface area contributed by atoms with Crippen LogP contribution in [0.3, 0.4) is 0 Å². The lowest BCUT2D eigenvalue weighted by Crippen LogP contribution is -2.41. The highest BCUT2D eigenvalue weighted by atomic mass is 32.2. The number of likely N-dealkylation sites (tertiary alicyclic amines) is 1. The van der Waals surface area contributed by atoms with E-state index in [-0.39, 0.29) is 23.8 Å². The summed E-state index contributed by atoms with van der Waals surface area (Å²) in [5.74, 6) is 0.478. The molecule has 1 fully saturated rings. The molecule has 0 saturated carbocycles. The topological polar surface area (TPSA) is 84.9 Å². The number of hydrogen-bond acceptors (Lipinski definition) is 5. The number of para-hydroxylation sites is 1. The molecule has 180 valence electrons. The van der Waals surface area contributed by atoms with Gasteiger partial charge in [0, 0.05) is 26.1 Å². The zero-order valence-corrected chi connectivity index (χ0v) is 18.6. The molecule has 1 aliphatic rings. The Morgan fingerprint density at radius 1 is 1.00 bits per heavy atom. The summed E-state index contributed by atoms with van der Waals surface area (Å²) < 4.78 is 73.0. The third-order valence-electron chi connectivity index (χ3n) is 5.19. The summed E-state index contributed by atoms with van der Waals surface area (Å²) in [7, 11) is -3.96. The normalized spacial score (nSPS) is 15.3. The number of piperidine rings is 1. The number of hydrogen-bond donors (Lipinski definition) is 1. The van der Waals surface area contributed by atoms with Gasteiger partial charge in [0.05, 0.1) is 11.5 Å². The summed E-state index contributed by atoms with van der Waals surface area (Å²) in [6.07, 6.45) is -3.27. The zero-order valence-electron chi connectivity index (χ0n) is 17.8. The largest absolute Gasteiger partial charge is 0.573 e. The molecule has 1 heterocycles. The van der Waals surface area contributed by atoms with Crippen LogP contribution < -0.4 is 14.2 Å². The number of carbonyl (C=O) groups is 1. The molecular formula is C22H25F3N2O5S. The smallest absolute Gasteiger partial charge is 0.493 e. The van der Waals surface area contributed by atoms with Gasteiger partial charge in [-0.3, -0.25) is 4.79 Å². The molecule has 1 aliphatic heterocycles. The Bertz CT molecular complexity index is 1010. The van der Waals surface area contributed by atoms with Gasteiger partial charge in [0.1, 0.15) is 11.5 Å². The Labute approximate surface area is 190 Å². The monoisotopic (exact) mass is 486 g/mol. The van der Waals surface area contributed by atoms with Gasteiger partial charge in [-0.15, -0.1) is 13.2 Å². The van der Waals surface area contributed by atoms with E-state index >= 15 is 0 Å². The lowest BCUT2D eigenvalue weighted by Gasteiger charge is -2.32. The summed E-state index contributed by atoms with van der Waals surface area (Å²) in [5, 5.41) is 0. The average molecular weight is 487 g/mol. The number of amides is 1. The van der Waals surface area contributed by atoms with Crippen LogP contribution in [-0.4, -0.2) is 51.8 Å². The maximum Gasteiger partial charge on any atom is 0.573 e. The highest BCUT2D eigenvalue weighted by Gasteiger charge is 2.31. The maximum absolute atomic E-state index is 12.4. The van der Waals surface area contributed by atoms with Gasteiger partial charge in [0.15, 0.2) is 0 Å². The minimum atomic E-state index is -4.86. The second-order valence-corrected chi connectivity index (χ2v) is 9.38. The number of benzene rings is 2. The van der Waals surface area contributed by atoms with E-state index in [2.05, 4.69) is 9.46 Å². The lowest BCUT2D eigenvalue weighted by molar-refractivity contribution is -0.274. The van der Waals surface area contributed by atoms with Crippen LogP contribution >= 0.6 is 0 Å². The van der Waals surface area contributed by atoms with Gasteiger partial charge in [-0.1, -0.05) is 18.2 Å². The summed E-state index contributed by atoms with van der Waals surface area (Å²) in [5.41, 5.74) is 0. The second-order valence-electron chi connectivity index (χ2n) is 7.62. The first-order valence-electron chi connectivity index (χ1n) is 10.4. The molecule has 2 aromatic rings. The third kappa shape index (κ3) is 7.93. The van der Waals surface area contributed by atoms with Crippen LogP contribution in [0.4, 0.5) is 13.2 Å². The Kier molecular flexibility index (Phi) is 8.20. The van der Waals surface area contributed by atoms with Crippen LogP contribution in [0, 0.1) is 5.92 Å². The Hall–Kier alpha value is -2.79. The lowest BCUT2D eigenvalue weighted by atomic mass is 9.97. The van der Waals surface area contributed by atoms with Crippen LogP contribution in [0.25, 0.3) is 0 Å². The quantitative estimate of drug-likeness (QED) is 0.586. The van der Waals surface area contributed by atoms with Crippen molar-refractivity contribution in [3.8, 4) is 11.5 Å². The number of nitrogens with one attached hydrogen (secondary N) is 1. The summed E-state index contributed by atoms with van der Waals surface area (Å²) in [6, 6.07) is 13.4. The summed E-state index contributed by atoms with van der Waals surface area (Å²) in [4.78, 5) is 13.9. The van der Waals surface area contributed by atoms with Gasteiger partial charge in [-0.25, -0.2) is 13.1 Å². The van der Waals surface area contributed by atoms with Crippen molar-refractivity contribution >= 4 is 15.9 Å². The van der Waals surface area contributed by atoms with E-state index in [1.807, 2.05) is 30.3 Å². The number of alkyl halides is 3. The van der Waals surface area contributed by atoms with Gasteiger partial charge >= 0.3 is 6.36 Å². The highest BCUT2D eigenvalue weighted by molar-refractivity contribution is 7.89. The minimum Gasteiger partial charge on any atom is -0.493 e. The maximum atomic E-state index is 12.4. The second kappa shape index (κ2) is 10.9. The first-order valence-corrected chi connectivity index (χ1v) is 11.9. The van der Waals surface area contributed by atoms with Gasteiger partial charge < -0.3 is 14.4 Å². The molecule has 0 unspecified atom stereocenters. The van der Waals surface area contributed by atoms with Crippen LogP contribution in [-0.2, 0) is 14.8 Å². The predicted molar refractivity (Wildman–Crippen MR) is 114 cm³/mol. The first kappa shape index (κ1) is 24.8. The van der Waals surface area contributed by atoms with Gasteiger partial charge in [0.2, 0.25) is 15.9 Å². The fourth-order valence-corrected chi connectivity index (χ4v) is 4.47. The molecule has 33 heavy (non-hydrogen) atoms. The van der Waals surface area contributed by atoms with Gasteiger partial charge in [-0.2, -0.15) is 0 Å². The van der Waals surface area contributed by atoms with Crippen molar-refractivity contribution in [1.82, 2.24) is 9.62 Å². The van der Waals surface area contributed by atoms with Crippen LogP contribution in [0.2, 0.25) is 0 Å². The number of sulfonamides is 1. The summed E-state index contributed by atoms with van der Waals surface area (Å²) >= 11 is 0. The molecule has 11 heteroatoms. The van der Waals surface area contributed by atoms with Crippen molar-refractivity contribution in [1.29, 1.82) is 0 Å². The third-order valence-corrected chi connectivity index (χ3v) is 6.67. The standard InChI is InChI=1S/C22H25F3N2O5S/c23-22(24,25)32-19-6-8-20(9-7-19)33(29,30)26-13-10-21(28)27-14-11-17(12-15-27)16-31-18-4-2-1-3-5-18/h1-9,17,26H,10-16H2. The molecule has 0 bridgehead atoms. The molecule has 1 saturated heterocycles. The number of halogens is 3. The number of ether oxygens (including phenoxy) is 2. The Morgan fingerprint density at radius 3 is 2.24 bits per heavy atom. The average Bonchev–Trinajstić information content (AvgIpc) is 2.78. The molecule has 1 N–H and O–H groups in total. The number of carbonyl (C=O) groups excluding carboxylic acids is 1. The molecule has 0 atom stereocenters. The van der Waals surface area contributed by atoms with Crippen molar-refractivity contribution < 1.29 is 35.9 Å². The molecule has 0 spiro atoms. The van der Waals surface area contributed by atoms with Crippen molar-refractivity contribution in [2.45, 2.75) is 30.5 Å². The molecule has 7 nitrogen and oxygen atoms in total. The van der Waals surface area contributed by atoms with E-state index in [1.165, 1.54) is 0 Å². The van der Waals surface area contributed by atoms with Crippen molar-refractivity contribution in [2.75, 3.05) is 26.2 Å². The van der Waals surface area contributed by atoms with E-state index in [0.29, 0.717) is 25.6 Å². The highest BCUT2D eigenvalue weighted by Crippen LogP contribution is 2.24. The van der Waals surface area contributed by atoms with E-state index in [9.17, 15) is 26.4 Å². The molecule has 0 radical (unpaired) electrons. The Morgan fingerprint density at radius 2 is 1.64 bits per heavy atom. The summed E-state index contributed by atoms with van der Waals surface area (Å²) in [6.45, 7) is 1.63. The zero-order chi connectivity index (χ0) is 23.9. The predicted octanol–water partition coefficient (Wildman–Crippen LogP) is 3.57. The molecule has 3 rings (SSSR count). The molecule has 0 aromatic heterocycles. The molecule has 1 amide bonds. The molecule has 0 aliphatic carbocycles. The number of rotatable bonds is 9.